The van der Waals surface area contributed by atoms with Crippen LogP contribution in [0.1, 0.15) is 23.5 Å². The lowest BCUT2D eigenvalue weighted by atomic mass is 9.99. The van der Waals surface area contributed by atoms with E-state index < -0.39 is 11.9 Å². The van der Waals surface area contributed by atoms with Crippen molar-refractivity contribution >= 4 is 11.9 Å². The lowest BCUT2D eigenvalue weighted by Gasteiger charge is -2.14. The third-order valence-corrected chi connectivity index (χ3v) is 4.06. The van der Waals surface area contributed by atoms with Gasteiger partial charge in [-0.15, -0.1) is 0 Å². The normalized spacial score (nSPS) is 11.5. The average molecular weight is 357 g/mol. The zero-order valence-electron chi connectivity index (χ0n) is 14.9. The van der Waals surface area contributed by atoms with Crippen LogP contribution in [-0.4, -0.2) is 37.7 Å². The molecule has 0 bridgehead atoms. The first kappa shape index (κ1) is 19.3. The van der Waals surface area contributed by atoms with Crippen LogP contribution in [0, 0.1) is 0 Å². The monoisotopic (exact) mass is 357 g/mol. The zero-order chi connectivity index (χ0) is 18.9. The predicted octanol–water partition coefficient (Wildman–Crippen LogP) is 2.62. The number of amides is 1. The molecule has 138 valence electrons. The molecule has 0 radical (unpaired) electrons. The Kier molecular flexibility index (Phi) is 7.02. The van der Waals surface area contributed by atoms with E-state index in [1.54, 1.807) is 44.6 Å². The number of carbonyl (C=O) groups excluding carboxylic acids is 1. The highest BCUT2D eigenvalue weighted by molar-refractivity contribution is 5.80. The smallest absolute Gasteiger partial charge is 0.312 e. The molecule has 0 aliphatic heterocycles. The van der Waals surface area contributed by atoms with Crippen LogP contribution in [0.25, 0.3) is 0 Å². The predicted molar refractivity (Wildman–Crippen MR) is 97.7 cm³/mol. The Balaban J connectivity index is 1.91. The average Bonchev–Trinajstić information content (AvgIpc) is 2.66. The minimum absolute atomic E-state index is 0.0552. The maximum Gasteiger partial charge on any atom is 0.312 e. The molecule has 1 amide bonds. The number of ether oxygens (including phenoxy) is 2. The van der Waals surface area contributed by atoms with Crippen molar-refractivity contribution in [3.05, 3.63) is 59.7 Å². The van der Waals surface area contributed by atoms with E-state index in [0.29, 0.717) is 23.5 Å². The topological polar surface area (TPSA) is 84.9 Å². The van der Waals surface area contributed by atoms with Crippen LogP contribution in [0.4, 0.5) is 0 Å². The Morgan fingerprint density at radius 3 is 2.19 bits per heavy atom. The summed E-state index contributed by atoms with van der Waals surface area (Å²) in [4.78, 5) is 23.6. The number of carboxylic acids is 1. The van der Waals surface area contributed by atoms with Crippen LogP contribution in [0.3, 0.4) is 0 Å². The standard InChI is InChI=1S/C20H23NO5/c1-25-16-10-14(11-17(12-16)26-2)8-9-19(22)21-13-18(20(23)24)15-6-4-3-5-7-15/h3-7,10-12,18H,8-9,13H2,1-2H3,(H,21,22)(H,23,24). The van der Waals surface area contributed by atoms with E-state index in [9.17, 15) is 14.7 Å². The summed E-state index contributed by atoms with van der Waals surface area (Å²) < 4.78 is 10.4. The number of methoxy groups -OCH3 is 2. The minimum Gasteiger partial charge on any atom is -0.497 e. The molecular weight excluding hydrogens is 334 g/mol. The van der Waals surface area contributed by atoms with Crippen molar-refractivity contribution in [2.24, 2.45) is 0 Å². The summed E-state index contributed by atoms with van der Waals surface area (Å²) in [5.74, 6) is -0.607. The summed E-state index contributed by atoms with van der Waals surface area (Å²) >= 11 is 0. The lowest BCUT2D eigenvalue weighted by molar-refractivity contribution is -0.138. The van der Waals surface area contributed by atoms with Gasteiger partial charge in [-0.05, 0) is 29.7 Å². The van der Waals surface area contributed by atoms with Gasteiger partial charge in [0.05, 0.1) is 20.1 Å². The van der Waals surface area contributed by atoms with Crippen molar-refractivity contribution in [1.82, 2.24) is 5.32 Å². The van der Waals surface area contributed by atoms with E-state index in [1.165, 1.54) is 0 Å². The summed E-state index contributed by atoms with van der Waals surface area (Å²) in [6, 6.07) is 14.3. The Morgan fingerprint density at radius 2 is 1.65 bits per heavy atom. The molecule has 0 fully saturated rings. The molecule has 1 atom stereocenters. The molecule has 1 unspecified atom stereocenters. The molecule has 0 heterocycles. The van der Waals surface area contributed by atoms with Crippen LogP contribution >= 0.6 is 0 Å². The number of nitrogens with one attached hydrogen (secondary N) is 1. The maximum absolute atomic E-state index is 12.1. The molecule has 0 aliphatic carbocycles. The molecule has 0 aliphatic rings. The van der Waals surface area contributed by atoms with E-state index in [0.717, 1.165) is 5.56 Å². The Bertz CT molecular complexity index is 723. The summed E-state index contributed by atoms with van der Waals surface area (Å²) in [5, 5.41) is 12.1. The molecule has 0 spiro atoms. The summed E-state index contributed by atoms with van der Waals surface area (Å²) in [6.45, 7) is 0.0552. The number of hydrogen-bond acceptors (Lipinski definition) is 4. The molecule has 6 nitrogen and oxygen atoms in total. The molecule has 26 heavy (non-hydrogen) atoms. The van der Waals surface area contributed by atoms with Gasteiger partial charge in [-0.25, -0.2) is 0 Å². The highest BCUT2D eigenvalue weighted by atomic mass is 16.5. The van der Waals surface area contributed by atoms with E-state index in [4.69, 9.17) is 9.47 Å². The molecule has 0 aromatic heterocycles. The Labute approximate surface area is 152 Å². The molecule has 2 aromatic carbocycles. The highest BCUT2D eigenvalue weighted by Gasteiger charge is 2.20. The van der Waals surface area contributed by atoms with Gasteiger partial charge in [0.2, 0.25) is 5.91 Å². The van der Waals surface area contributed by atoms with Crippen molar-refractivity contribution in [3.63, 3.8) is 0 Å². The van der Waals surface area contributed by atoms with Crippen LogP contribution in [0.15, 0.2) is 48.5 Å². The van der Waals surface area contributed by atoms with Crippen LogP contribution in [0.5, 0.6) is 11.5 Å². The van der Waals surface area contributed by atoms with Crippen molar-refractivity contribution in [1.29, 1.82) is 0 Å². The van der Waals surface area contributed by atoms with Gasteiger partial charge in [0.25, 0.3) is 0 Å². The zero-order valence-corrected chi connectivity index (χ0v) is 14.9. The molecule has 0 saturated heterocycles. The van der Waals surface area contributed by atoms with Gasteiger partial charge in [-0.2, -0.15) is 0 Å². The third kappa shape index (κ3) is 5.51. The Hall–Kier alpha value is -3.02. The first-order chi connectivity index (χ1) is 12.5. The fourth-order valence-corrected chi connectivity index (χ4v) is 2.61. The number of benzene rings is 2. The van der Waals surface area contributed by atoms with Crippen molar-refractivity contribution in [3.8, 4) is 11.5 Å². The van der Waals surface area contributed by atoms with E-state index in [-0.39, 0.29) is 18.9 Å². The number of aryl methyl sites for hydroxylation is 1. The Morgan fingerprint density at radius 1 is 1.04 bits per heavy atom. The van der Waals surface area contributed by atoms with Gasteiger partial charge >= 0.3 is 5.97 Å². The van der Waals surface area contributed by atoms with Crippen molar-refractivity contribution in [2.75, 3.05) is 20.8 Å². The van der Waals surface area contributed by atoms with Gasteiger partial charge in [0.15, 0.2) is 0 Å². The summed E-state index contributed by atoms with van der Waals surface area (Å²) in [6.07, 6.45) is 0.750. The first-order valence-electron chi connectivity index (χ1n) is 8.30. The van der Waals surface area contributed by atoms with Crippen LogP contribution in [0.2, 0.25) is 0 Å². The molecule has 2 aromatic rings. The second-order valence-electron chi connectivity index (χ2n) is 5.83. The fourth-order valence-electron chi connectivity index (χ4n) is 2.61. The van der Waals surface area contributed by atoms with Crippen molar-refractivity contribution in [2.45, 2.75) is 18.8 Å². The second-order valence-corrected chi connectivity index (χ2v) is 5.83. The largest absolute Gasteiger partial charge is 0.497 e. The molecular formula is C20H23NO5. The number of aliphatic carboxylic acids is 1. The van der Waals surface area contributed by atoms with Crippen LogP contribution < -0.4 is 14.8 Å². The molecule has 6 heteroatoms. The van der Waals surface area contributed by atoms with Crippen molar-refractivity contribution < 1.29 is 24.2 Å². The third-order valence-electron chi connectivity index (χ3n) is 4.06. The quantitative estimate of drug-likeness (QED) is 0.721. The highest BCUT2D eigenvalue weighted by Crippen LogP contribution is 2.23. The van der Waals surface area contributed by atoms with Gasteiger partial charge < -0.3 is 19.9 Å². The van der Waals surface area contributed by atoms with Gasteiger partial charge in [0, 0.05) is 19.0 Å². The lowest BCUT2D eigenvalue weighted by Crippen LogP contribution is -2.31. The van der Waals surface area contributed by atoms with Gasteiger partial charge in [-0.3, -0.25) is 9.59 Å². The van der Waals surface area contributed by atoms with Gasteiger partial charge in [-0.1, -0.05) is 30.3 Å². The van der Waals surface area contributed by atoms with Gasteiger partial charge in [0.1, 0.15) is 11.5 Å². The summed E-state index contributed by atoms with van der Waals surface area (Å²) in [5.41, 5.74) is 1.58. The molecule has 2 N–H and O–H groups in total. The SMILES string of the molecule is COc1cc(CCC(=O)NCC(C(=O)O)c2ccccc2)cc(OC)c1. The fraction of sp³-hybridized carbons (Fsp3) is 0.300. The number of carboxylic acid groups (broad SMARTS) is 1. The number of rotatable bonds is 9. The molecule has 0 saturated carbocycles. The van der Waals surface area contributed by atoms with Crippen LogP contribution in [-0.2, 0) is 16.0 Å². The van der Waals surface area contributed by atoms with E-state index in [1.807, 2.05) is 18.2 Å². The minimum atomic E-state index is -0.964. The number of carbonyl (C=O) groups is 2. The maximum atomic E-state index is 12.1. The van der Waals surface area contributed by atoms with E-state index in [2.05, 4.69) is 5.32 Å². The van der Waals surface area contributed by atoms with E-state index >= 15 is 0 Å². The summed E-state index contributed by atoms with van der Waals surface area (Å²) in [7, 11) is 3.14. The second kappa shape index (κ2) is 9.46. The first-order valence-corrected chi connectivity index (χ1v) is 8.30. The number of hydrogen-bond donors (Lipinski definition) is 2. The molecule has 2 rings (SSSR count).